The van der Waals surface area contributed by atoms with Crippen LogP contribution in [0.15, 0.2) is 34.8 Å². The van der Waals surface area contributed by atoms with Gasteiger partial charge in [-0.15, -0.1) is 0 Å². The third-order valence-corrected chi connectivity index (χ3v) is 5.14. The number of benzene rings is 2. The predicted molar refractivity (Wildman–Crippen MR) is 112 cm³/mol. The lowest BCUT2D eigenvalue weighted by Gasteiger charge is -2.14. The molecule has 2 aromatic rings. The summed E-state index contributed by atoms with van der Waals surface area (Å²) in [4.78, 5) is 12.1. The molecular formula is C22H23BrN2O4. The zero-order valence-electron chi connectivity index (χ0n) is 16.3. The van der Waals surface area contributed by atoms with Gasteiger partial charge in [-0.1, -0.05) is 6.07 Å². The molecule has 0 heterocycles. The first-order chi connectivity index (χ1) is 14.1. The van der Waals surface area contributed by atoms with E-state index in [9.17, 15) is 4.79 Å². The maximum Gasteiger partial charge on any atom is 0.258 e. The van der Waals surface area contributed by atoms with Crippen LogP contribution < -0.4 is 19.5 Å². The van der Waals surface area contributed by atoms with Gasteiger partial charge in [0.2, 0.25) is 0 Å². The van der Waals surface area contributed by atoms with Gasteiger partial charge in [0.05, 0.1) is 29.3 Å². The first-order valence-corrected chi connectivity index (χ1v) is 10.4. The highest BCUT2D eigenvalue weighted by Gasteiger charge is 2.14. The minimum Gasteiger partial charge on any atom is -0.492 e. The molecule has 3 rings (SSSR count). The fraction of sp³-hybridized carbons (Fsp3) is 0.364. The highest BCUT2D eigenvalue weighted by molar-refractivity contribution is 9.10. The Labute approximate surface area is 178 Å². The van der Waals surface area contributed by atoms with Crippen LogP contribution in [-0.4, -0.2) is 32.3 Å². The third-order valence-electron chi connectivity index (χ3n) is 4.55. The smallest absolute Gasteiger partial charge is 0.258 e. The summed E-state index contributed by atoms with van der Waals surface area (Å²) in [5.74, 6) is 1.39. The number of halogens is 1. The molecule has 0 bridgehead atoms. The van der Waals surface area contributed by atoms with Crippen LogP contribution in [0.3, 0.4) is 0 Å². The molecule has 6 nitrogen and oxygen atoms in total. The van der Waals surface area contributed by atoms with Crippen molar-refractivity contribution in [3.05, 3.63) is 51.5 Å². The highest BCUT2D eigenvalue weighted by atomic mass is 79.9. The number of rotatable bonds is 9. The van der Waals surface area contributed by atoms with Crippen molar-refractivity contribution in [1.82, 2.24) is 5.32 Å². The second-order valence-corrected chi connectivity index (χ2v) is 7.46. The number of ether oxygens (including phenoxy) is 3. The first-order valence-electron chi connectivity index (χ1n) is 9.61. The van der Waals surface area contributed by atoms with Gasteiger partial charge in [0.25, 0.3) is 5.91 Å². The van der Waals surface area contributed by atoms with Crippen molar-refractivity contribution in [2.45, 2.75) is 26.2 Å². The number of nitrogens with one attached hydrogen (secondary N) is 1. The number of hydrogen-bond donors (Lipinski definition) is 1. The van der Waals surface area contributed by atoms with Gasteiger partial charge in [-0.25, -0.2) is 0 Å². The summed E-state index contributed by atoms with van der Waals surface area (Å²) in [5.41, 5.74) is 3.21. The van der Waals surface area contributed by atoms with Crippen LogP contribution in [0.2, 0.25) is 0 Å². The first kappa shape index (κ1) is 21.0. The van der Waals surface area contributed by atoms with E-state index in [1.165, 1.54) is 17.5 Å². The Kier molecular flexibility index (Phi) is 7.36. The average Bonchev–Trinajstić information content (AvgIpc) is 3.18. The molecule has 1 aliphatic carbocycles. The molecule has 0 radical (unpaired) electrons. The molecule has 0 aromatic heterocycles. The van der Waals surface area contributed by atoms with E-state index in [0.717, 1.165) is 18.6 Å². The Morgan fingerprint density at radius 3 is 2.79 bits per heavy atom. The zero-order valence-corrected chi connectivity index (χ0v) is 17.9. The lowest BCUT2D eigenvalue weighted by molar-refractivity contribution is -0.123. The van der Waals surface area contributed by atoms with Gasteiger partial charge < -0.3 is 19.5 Å². The summed E-state index contributed by atoms with van der Waals surface area (Å²) >= 11 is 3.36. The SMILES string of the molecule is CCOc1cc(C#N)cc(Br)c1OCC(=O)NCCOc1ccc2c(c1)CCC2. The molecule has 0 atom stereocenters. The molecule has 1 N–H and O–H groups in total. The van der Waals surface area contributed by atoms with Crippen molar-refractivity contribution < 1.29 is 19.0 Å². The summed E-state index contributed by atoms with van der Waals surface area (Å²) in [6.45, 7) is 2.86. The average molecular weight is 459 g/mol. The van der Waals surface area contributed by atoms with Crippen LogP contribution in [0.5, 0.6) is 17.2 Å². The molecule has 1 amide bonds. The Hall–Kier alpha value is -2.72. The topological polar surface area (TPSA) is 80.6 Å². The number of aryl methyl sites for hydroxylation is 2. The van der Waals surface area contributed by atoms with Gasteiger partial charge in [0, 0.05) is 6.07 Å². The number of carbonyl (C=O) groups is 1. The molecule has 0 saturated carbocycles. The monoisotopic (exact) mass is 458 g/mol. The number of hydrogen-bond acceptors (Lipinski definition) is 5. The largest absolute Gasteiger partial charge is 0.492 e. The summed E-state index contributed by atoms with van der Waals surface area (Å²) in [7, 11) is 0. The Morgan fingerprint density at radius 1 is 1.17 bits per heavy atom. The van der Waals surface area contributed by atoms with Crippen LogP contribution in [0, 0.1) is 11.3 Å². The highest BCUT2D eigenvalue weighted by Crippen LogP contribution is 2.36. The Bertz CT molecular complexity index is 924. The van der Waals surface area contributed by atoms with Crippen molar-refractivity contribution in [1.29, 1.82) is 5.26 Å². The number of amides is 1. The van der Waals surface area contributed by atoms with Gasteiger partial charge in [-0.2, -0.15) is 5.26 Å². The van der Waals surface area contributed by atoms with Crippen LogP contribution in [0.4, 0.5) is 0 Å². The van der Waals surface area contributed by atoms with Crippen LogP contribution in [0.1, 0.15) is 30.0 Å². The molecule has 0 aliphatic heterocycles. The third kappa shape index (κ3) is 5.64. The predicted octanol–water partition coefficient (Wildman–Crippen LogP) is 3.78. The minimum absolute atomic E-state index is 0.163. The summed E-state index contributed by atoms with van der Waals surface area (Å²) < 4.78 is 17.4. The number of nitriles is 1. The van der Waals surface area contributed by atoms with Crippen molar-refractivity contribution in [3.63, 3.8) is 0 Å². The van der Waals surface area contributed by atoms with E-state index >= 15 is 0 Å². The lowest BCUT2D eigenvalue weighted by atomic mass is 10.1. The van der Waals surface area contributed by atoms with E-state index < -0.39 is 0 Å². The van der Waals surface area contributed by atoms with Gasteiger partial charge in [0.15, 0.2) is 18.1 Å². The normalized spacial score (nSPS) is 12.0. The summed E-state index contributed by atoms with van der Waals surface area (Å²) in [6.07, 6.45) is 3.45. The van der Waals surface area contributed by atoms with E-state index in [1.54, 1.807) is 12.1 Å². The van der Waals surface area contributed by atoms with E-state index in [4.69, 9.17) is 19.5 Å². The molecular weight excluding hydrogens is 436 g/mol. The number of nitrogens with zero attached hydrogens (tertiary/aromatic N) is 1. The van der Waals surface area contributed by atoms with Crippen molar-refractivity contribution >= 4 is 21.8 Å². The molecule has 152 valence electrons. The molecule has 2 aromatic carbocycles. The van der Waals surface area contributed by atoms with Gasteiger partial charge in [-0.3, -0.25) is 4.79 Å². The van der Waals surface area contributed by atoms with E-state index in [2.05, 4.69) is 39.4 Å². The Balaban J connectivity index is 1.45. The summed E-state index contributed by atoms with van der Waals surface area (Å²) in [5, 5.41) is 11.8. The van der Waals surface area contributed by atoms with Gasteiger partial charge in [-0.05, 0) is 71.4 Å². The lowest BCUT2D eigenvalue weighted by Crippen LogP contribution is -2.32. The number of carbonyl (C=O) groups excluding carboxylic acids is 1. The van der Waals surface area contributed by atoms with Crippen LogP contribution >= 0.6 is 15.9 Å². The molecule has 0 fully saturated rings. The molecule has 0 saturated heterocycles. The van der Waals surface area contributed by atoms with E-state index in [0.29, 0.717) is 41.3 Å². The Morgan fingerprint density at radius 2 is 2.00 bits per heavy atom. The molecule has 29 heavy (non-hydrogen) atoms. The van der Waals surface area contributed by atoms with E-state index in [-0.39, 0.29) is 12.5 Å². The minimum atomic E-state index is -0.263. The second-order valence-electron chi connectivity index (χ2n) is 6.60. The quantitative estimate of drug-likeness (QED) is 0.578. The molecule has 7 heteroatoms. The maximum atomic E-state index is 12.1. The van der Waals surface area contributed by atoms with Gasteiger partial charge >= 0.3 is 0 Å². The second kappa shape index (κ2) is 10.2. The fourth-order valence-electron chi connectivity index (χ4n) is 3.22. The standard InChI is InChI=1S/C22H23BrN2O4/c1-2-27-20-11-15(13-24)10-19(23)22(20)29-14-21(26)25-8-9-28-18-7-6-16-4-3-5-17(16)12-18/h6-7,10-12H,2-5,8-9,14H2,1H3,(H,25,26). The summed E-state index contributed by atoms with van der Waals surface area (Å²) in [6, 6.07) is 11.5. The number of fused-ring (bicyclic) bond motifs is 1. The van der Waals surface area contributed by atoms with Crippen LogP contribution in [0.25, 0.3) is 0 Å². The van der Waals surface area contributed by atoms with Crippen molar-refractivity contribution in [2.75, 3.05) is 26.4 Å². The van der Waals surface area contributed by atoms with Gasteiger partial charge in [0.1, 0.15) is 12.4 Å². The zero-order chi connectivity index (χ0) is 20.6. The maximum absolute atomic E-state index is 12.1. The van der Waals surface area contributed by atoms with Crippen molar-refractivity contribution in [3.8, 4) is 23.3 Å². The molecule has 0 unspecified atom stereocenters. The van der Waals surface area contributed by atoms with Crippen LogP contribution in [-0.2, 0) is 17.6 Å². The van der Waals surface area contributed by atoms with E-state index in [1.807, 2.05) is 13.0 Å². The molecule has 0 spiro atoms. The van der Waals surface area contributed by atoms with Crippen molar-refractivity contribution in [2.24, 2.45) is 0 Å². The molecule has 1 aliphatic rings. The fourth-order valence-corrected chi connectivity index (χ4v) is 3.78.